The SMILES string of the molecule is CC(C)(C)CC(=O)OCC(=O)Nc1cc(C(C)(C)C)nn1-c1ccccc1. The van der Waals surface area contributed by atoms with E-state index in [1.54, 1.807) is 4.68 Å². The molecule has 0 saturated heterocycles. The lowest BCUT2D eigenvalue weighted by Crippen LogP contribution is -2.24. The van der Waals surface area contributed by atoms with Gasteiger partial charge in [-0.25, -0.2) is 4.68 Å². The van der Waals surface area contributed by atoms with Crippen molar-refractivity contribution in [2.24, 2.45) is 5.41 Å². The number of amides is 1. The monoisotopic (exact) mass is 371 g/mol. The maximum atomic E-state index is 12.3. The van der Waals surface area contributed by atoms with Crippen LogP contribution < -0.4 is 5.32 Å². The molecule has 6 heteroatoms. The second-order valence-electron chi connectivity index (χ2n) is 8.86. The van der Waals surface area contributed by atoms with E-state index in [0.29, 0.717) is 5.82 Å². The summed E-state index contributed by atoms with van der Waals surface area (Å²) in [6, 6.07) is 11.4. The molecule has 146 valence electrons. The summed E-state index contributed by atoms with van der Waals surface area (Å²) < 4.78 is 6.78. The average molecular weight is 371 g/mol. The summed E-state index contributed by atoms with van der Waals surface area (Å²) in [5, 5.41) is 7.45. The second-order valence-corrected chi connectivity index (χ2v) is 8.86. The molecule has 6 nitrogen and oxygen atoms in total. The molecule has 27 heavy (non-hydrogen) atoms. The Labute approximate surface area is 160 Å². The van der Waals surface area contributed by atoms with Gasteiger partial charge in [-0.05, 0) is 17.5 Å². The molecule has 1 heterocycles. The molecular weight excluding hydrogens is 342 g/mol. The van der Waals surface area contributed by atoms with Crippen molar-refractivity contribution in [3.05, 3.63) is 42.1 Å². The Kier molecular flexibility index (Phi) is 6.08. The highest BCUT2D eigenvalue weighted by Gasteiger charge is 2.22. The predicted molar refractivity (Wildman–Crippen MR) is 106 cm³/mol. The minimum Gasteiger partial charge on any atom is -0.456 e. The molecule has 1 aromatic heterocycles. The van der Waals surface area contributed by atoms with E-state index in [-0.39, 0.29) is 29.8 Å². The van der Waals surface area contributed by atoms with Crippen LogP contribution >= 0.6 is 0 Å². The molecule has 2 rings (SSSR count). The summed E-state index contributed by atoms with van der Waals surface area (Å²) in [5.74, 6) is -0.234. The first-order valence-corrected chi connectivity index (χ1v) is 9.07. The summed E-state index contributed by atoms with van der Waals surface area (Å²) in [4.78, 5) is 24.1. The number of anilines is 1. The van der Waals surface area contributed by atoms with Crippen molar-refractivity contribution in [3.8, 4) is 5.69 Å². The van der Waals surface area contributed by atoms with Gasteiger partial charge >= 0.3 is 5.97 Å². The Balaban J connectivity index is 2.14. The second kappa shape index (κ2) is 7.94. The quantitative estimate of drug-likeness (QED) is 0.804. The van der Waals surface area contributed by atoms with Gasteiger partial charge in [0.05, 0.1) is 17.8 Å². The largest absolute Gasteiger partial charge is 0.456 e. The number of rotatable bonds is 5. The van der Waals surface area contributed by atoms with E-state index in [0.717, 1.165) is 11.4 Å². The molecule has 2 aromatic rings. The summed E-state index contributed by atoms with van der Waals surface area (Å²) >= 11 is 0. The van der Waals surface area contributed by atoms with Crippen molar-refractivity contribution in [2.75, 3.05) is 11.9 Å². The van der Waals surface area contributed by atoms with Crippen LogP contribution in [0, 0.1) is 5.41 Å². The van der Waals surface area contributed by atoms with E-state index in [4.69, 9.17) is 4.74 Å². The molecule has 0 aliphatic rings. The van der Waals surface area contributed by atoms with Crippen LogP contribution in [0.4, 0.5) is 5.82 Å². The van der Waals surface area contributed by atoms with Gasteiger partial charge < -0.3 is 10.1 Å². The lowest BCUT2D eigenvalue weighted by Gasteiger charge is -2.16. The molecular formula is C21H29N3O3. The molecule has 0 radical (unpaired) electrons. The van der Waals surface area contributed by atoms with E-state index in [1.807, 2.05) is 57.2 Å². The number of carbonyl (C=O) groups is 2. The molecule has 1 aromatic carbocycles. The molecule has 1 amide bonds. The van der Waals surface area contributed by atoms with Gasteiger partial charge in [0, 0.05) is 11.5 Å². The van der Waals surface area contributed by atoms with Crippen LogP contribution in [-0.2, 0) is 19.7 Å². The predicted octanol–water partition coefficient (Wildman–Crippen LogP) is 4.09. The first kappa shape index (κ1) is 20.7. The highest BCUT2D eigenvalue weighted by atomic mass is 16.5. The fourth-order valence-corrected chi connectivity index (χ4v) is 2.41. The van der Waals surface area contributed by atoms with Crippen LogP contribution in [0.3, 0.4) is 0 Å². The zero-order chi connectivity index (χ0) is 20.2. The van der Waals surface area contributed by atoms with Crippen molar-refractivity contribution in [1.82, 2.24) is 9.78 Å². The van der Waals surface area contributed by atoms with Gasteiger partial charge in [-0.15, -0.1) is 0 Å². The van der Waals surface area contributed by atoms with Gasteiger partial charge in [-0.3, -0.25) is 9.59 Å². The van der Waals surface area contributed by atoms with Gasteiger partial charge in [0.25, 0.3) is 5.91 Å². The van der Waals surface area contributed by atoms with Crippen LogP contribution in [0.1, 0.15) is 53.7 Å². The van der Waals surface area contributed by atoms with Crippen LogP contribution in [0.5, 0.6) is 0 Å². The third kappa shape index (κ3) is 6.24. The van der Waals surface area contributed by atoms with Crippen LogP contribution in [0.25, 0.3) is 5.69 Å². The zero-order valence-electron chi connectivity index (χ0n) is 17.0. The van der Waals surface area contributed by atoms with E-state index < -0.39 is 5.91 Å². The van der Waals surface area contributed by atoms with Gasteiger partial charge in [-0.2, -0.15) is 5.10 Å². The number of nitrogens with one attached hydrogen (secondary N) is 1. The Morgan fingerprint density at radius 1 is 1.07 bits per heavy atom. The zero-order valence-corrected chi connectivity index (χ0v) is 17.0. The first-order chi connectivity index (χ1) is 12.5. The van der Waals surface area contributed by atoms with Gasteiger partial charge in [0.15, 0.2) is 6.61 Å². The summed E-state index contributed by atoms with van der Waals surface area (Å²) in [6.07, 6.45) is 0.260. The van der Waals surface area contributed by atoms with Gasteiger partial charge in [0.1, 0.15) is 5.82 Å². The molecule has 0 atom stereocenters. The molecule has 0 aliphatic heterocycles. The topological polar surface area (TPSA) is 73.2 Å². The molecule has 0 spiro atoms. The number of ether oxygens (including phenoxy) is 1. The Bertz CT molecular complexity index is 796. The number of esters is 1. The first-order valence-electron chi connectivity index (χ1n) is 9.07. The van der Waals surface area contributed by atoms with Gasteiger partial charge in [0.2, 0.25) is 0 Å². The third-order valence-electron chi connectivity index (χ3n) is 3.78. The smallest absolute Gasteiger partial charge is 0.306 e. The van der Waals surface area contributed by atoms with E-state index in [2.05, 4.69) is 31.2 Å². The van der Waals surface area contributed by atoms with Crippen LogP contribution in [-0.4, -0.2) is 28.3 Å². The van der Waals surface area contributed by atoms with Crippen molar-refractivity contribution >= 4 is 17.7 Å². The number of hydrogen-bond acceptors (Lipinski definition) is 4. The minimum atomic E-state index is -0.394. The van der Waals surface area contributed by atoms with Crippen LogP contribution in [0.15, 0.2) is 36.4 Å². The average Bonchev–Trinajstić information content (AvgIpc) is 2.96. The number of para-hydroxylation sites is 1. The van der Waals surface area contributed by atoms with Crippen molar-refractivity contribution in [1.29, 1.82) is 0 Å². The van der Waals surface area contributed by atoms with E-state index >= 15 is 0 Å². The fourth-order valence-electron chi connectivity index (χ4n) is 2.41. The summed E-state index contributed by atoms with van der Waals surface area (Å²) in [6.45, 7) is 11.7. The Morgan fingerprint density at radius 2 is 1.70 bits per heavy atom. The molecule has 0 fully saturated rings. The highest BCUT2D eigenvalue weighted by molar-refractivity contribution is 5.92. The highest BCUT2D eigenvalue weighted by Crippen LogP contribution is 2.26. The summed E-state index contributed by atoms with van der Waals surface area (Å²) in [5.41, 5.74) is 1.35. The van der Waals surface area contributed by atoms with Crippen molar-refractivity contribution in [3.63, 3.8) is 0 Å². The van der Waals surface area contributed by atoms with Crippen molar-refractivity contribution < 1.29 is 14.3 Å². The molecule has 0 unspecified atom stereocenters. The molecule has 0 bridgehead atoms. The lowest BCUT2D eigenvalue weighted by molar-refractivity contribution is -0.149. The lowest BCUT2D eigenvalue weighted by atomic mass is 9.92. The van der Waals surface area contributed by atoms with Gasteiger partial charge in [-0.1, -0.05) is 59.7 Å². The normalized spacial score (nSPS) is 11.9. The van der Waals surface area contributed by atoms with Crippen molar-refractivity contribution in [2.45, 2.75) is 53.4 Å². The number of nitrogens with zero attached hydrogens (tertiary/aromatic N) is 2. The van der Waals surface area contributed by atoms with E-state index in [1.165, 1.54) is 0 Å². The third-order valence-corrected chi connectivity index (χ3v) is 3.78. The molecule has 0 aliphatic carbocycles. The standard InChI is InChI=1S/C21H29N3O3/c1-20(2,3)13-19(26)27-14-18(25)22-17-12-16(21(4,5)6)23-24(17)15-10-8-7-9-11-15/h7-12H,13-14H2,1-6H3,(H,22,25). The molecule has 1 N–H and O–H groups in total. The minimum absolute atomic E-state index is 0.168. The number of aromatic nitrogens is 2. The Morgan fingerprint density at radius 3 is 2.26 bits per heavy atom. The van der Waals surface area contributed by atoms with E-state index in [9.17, 15) is 9.59 Å². The molecule has 0 saturated carbocycles. The number of benzene rings is 1. The number of hydrogen-bond donors (Lipinski definition) is 1. The Hall–Kier alpha value is -2.63. The number of carbonyl (C=O) groups excluding carboxylic acids is 2. The maximum absolute atomic E-state index is 12.3. The maximum Gasteiger partial charge on any atom is 0.306 e. The van der Waals surface area contributed by atoms with Crippen LogP contribution in [0.2, 0.25) is 0 Å². The fraction of sp³-hybridized carbons (Fsp3) is 0.476. The summed E-state index contributed by atoms with van der Waals surface area (Å²) in [7, 11) is 0.